The summed E-state index contributed by atoms with van der Waals surface area (Å²) in [4.78, 5) is 26.3. The Kier molecular flexibility index (Phi) is 3.32. The Morgan fingerprint density at radius 3 is 2.95 bits per heavy atom. The molecule has 21 heavy (non-hydrogen) atoms. The van der Waals surface area contributed by atoms with Gasteiger partial charge >= 0.3 is 0 Å². The van der Waals surface area contributed by atoms with E-state index >= 15 is 0 Å². The number of nitrogens with zero attached hydrogens (tertiary/aromatic N) is 2. The summed E-state index contributed by atoms with van der Waals surface area (Å²) in [6, 6.07) is 6.11. The van der Waals surface area contributed by atoms with Gasteiger partial charge in [0.25, 0.3) is 11.6 Å². The first kappa shape index (κ1) is 13.5. The summed E-state index contributed by atoms with van der Waals surface area (Å²) in [5.74, 6) is -0.474. The van der Waals surface area contributed by atoms with Gasteiger partial charge in [0.2, 0.25) is 0 Å². The highest BCUT2D eigenvalue weighted by Crippen LogP contribution is 2.34. The third-order valence-electron chi connectivity index (χ3n) is 2.68. The zero-order chi connectivity index (χ0) is 15.0. The molecule has 0 atom stereocenters. The van der Waals surface area contributed by atoms with Crippen LogP contribution in [0.15, 0.2) is 35.1 Å². The number of carbonyl (C=O) groups excluding carboxylic acids is 1. The van der Waals surface area contributed by atoms with Crippen LogP contribution in [-0.4, -0.2) is 15.8 Å². The number of hydrogen-bond acceptors (Lipinski definition) is 6. The summed E-state index contributed by atoms with van der Waals surface area (Å²) in [5.41, 5.74) is 1.43. The molecule has 0 saturated carbocycles. The molecule has 0 aliphatic heterocycles. The Morgan fingerprint density at radius 1 is 1.43 bits per heavy atom. The average molecular weight is 324 g/mol. The number of rotatable bonds is 3. The van der Waals surface area contributed by atoms with Crippen LogP contribution in [0.4, 0.5) is 11.4 Å². The van der Waals surface area contributed by atoms with Gasteiger partial charge in [0, 0.05) is 11.8 Å². The topological polar surface area (TPSA) is 98.3 Å². The van der Waals surface area contributed by atoms with Gasteiger partial charge < -0.3 is 9.73 Å². The number of benzene rings is 1. The van der Waals surface area contributed by atoms with Crippen LogP contribution in [0.5, 0.6) is 0 Å². The Morgan fingerprint density at radius 2 is 2.24 bits per heavy atom. The predicted molar refractivity (Wildman–Crippen MR) is 77.9 cm³/mol. The molecule has 3 aromatic rings. The minimum absolute atomic E-state index is 0.0305. The van der Waals surface area contributed by atoms with Gasteiger partial charge in [-0.05, 0) is 18.2 Å². The zero-order valence-electron chi connectivity index (χ0n) is 10.2. The number of aromatic nitrogens is 1. The van der Waals surface area contributed by atoms with E-state index in [0.29, 0.717) is 16.8 Å². The third kappa shape index (κ3) is 2.58. The van der Waals surface area contributed by atoms with Crippen LogP contribution < -0.4 is 5.32 Å². The van der Waals surface area contributed by atoms with E-state index in [-0.39, 0.29) is 14.9 Å². The second-order valence-electron chi connectivity index (χ2n) is 4.02. The van der Waals surface area contributed by atoms with E-state index < -0.39 is 10.8 Å². The maximum Gasteiger partial charge on any atom is 0.299 e. The molecule has 0 saturated heterocycles. The second-order valence-corrected chi connectivity index (χ2v) is 5.67. The van der Waals surface area contributed by atoms with Crippen LogP contribution in [0, 0.1) is 10.1 Å². The zero-order valence-corrected chi connectivity index (χ0v) is 11.8. The third-order valence-corrected chi connectivity index (χ3v) is 4.01. The molecule has 0 bridgehead atoms. The molecule has 1 amide bonds. The molecule has 9 heteroatoms. The Balaban J connectivity index is 1.85. The van der Waals surface area contributed by atoms with Gasteiger partial charge in [0.15, 0.2) is 16.3 Å². The van der Waals surface area contributed by atoms with Gasteiger partial charge in [-0.25, -0.2) is 4.98 Å². The first-order valence-electron chi connectivity index (χ1n) is 5.63. The molecule has 0 fully saturated rings. The van der Waals surface area contributed by atoms with E-state index in [4.69, 9.17) is 16.0 Å². The predicted octanol–water partition coefficient (Wildman–Crippen LogP) is 3.70. The molecule has 1 N–H and O–H groups in total. The fourth-order valence-electron chi connectivity index (χ4n) is 1.72. The first-order chi connectivity index (χ1) is 10.0. The summed E-state index contributed by atoms with van der Waals surface area (Å²) in [5, 5.41) is 13.3. The number of amides is 1. The number of fused-ring (bicyclic) bond motifs is 1. The van der Waals surface area contributed by atoms with Crippen LogP contribution in [-0.2, 0) is 0 Å². The molecular weight excluding hydrogens is 318 g/mol. The molecular formula is C12H6ClN3O4S. The molecule has 2 aromatic heterocycles. The molecule has 2 heterocycles. The number of oxazole rings is 1. The van der Waals surface area contributed by atoms with Crippen LogP contribution in [0.25, 0.3) is 11.1 Å². The van der Waals surface area contributed by atoms with Crippen molar-refractivity contribution in [2.75, 3.05) is 5.32 Å². The molecule has 0 spiro atoms. The molecule has 1 aromatic carbocycles. The van der Waals surface area contributed by atoms with Crippen molar-refractivity contribution in [2.45, 2.75) is 0 Å². The van der Waals surface area contributed by atoms with Crippen molar-refractivity contribution in [1.82, 2.24) is 4.98 Å². The summed E-state index contributed by atoms with van der Waals surface area (Å²) < 4.78 is 5.06. The van der Waals surface area contributed by atoms with Gasteiger partial charge in [-0.3, -0.25) is 14.9 Å². The Hall–Kier alpha value is -2.45. The van der Waals surface area contributed by atoms with E-state index in [1.165, 1.54) is 6.39 Å². The maximum atomic E-state index is 12.1. The van der Waals surface area contributed by atoms with Gasteiger partial charge in [-0.15, -0.1) is 11.3 Å². The minimum Gasteiger partial charge on any atom is -0.443 e. The molecule has 106 valence electrons. The van der Waals surface area contributed by atoms with Gasteiger partial charge in [0.05, 0.1) is 4.92 Å². The molecule has 0 unspecified atom stereocenters. The number of carbonyl (C=O) groups is 1. The van der Waals surface area contributed by atoms with E-state index in [1.54, 1.807) is 18.2 Å². The van der Waals surface area contributed by atoms with Crippen LogP contribution >= 0.6 is 22.9 Å². The normalized spacial score (nSPS) is 10.7. The number of nitro groups is 1. The van der Waals surface area contributed by atoms with Crippen molar-refractivity contribution in [1.29, 1.82) is 0 Å². The van der Waals surface area contributed by atoms with Crippen molar-refractivity contribution < 1.29 is 14.1 Å². The average Bonchev–Trinajstić information content (AvgIpc) is 3.04. The number of anilines is 1. The fourth-order valence-corrected chi connectivity index (χ4v) is 2.84. The lowest BCUT2D eigenvalue weighted by molar-refractivity contribution is -0.384. The van der Waals surface area contributed by atoms with Gasteiger partial charge in [-0.1, -0.05) is 11.6 Å². The monoisotopic (exact) mass is 323 g/mol. The highest BCUT2D eigenvalue weighted by Gasteiger charge is 2.21. The standard InChI is InChI=1S/C12H6ClN3O4S/c13-11-8(16(18)19)4-10(21-11)12(17)15-6-1-2-9-7(3-6)14-5-20-9/h1-5H,(H,15,17). The first-order valence-corrected chi connectivity index (χ1v) is 6.82. The van der Waals surface area contributed by atoms with E-state index in [9.17, 15) is 14.9 Å². The van der Waals surface area contributed by atoms with Crippen LogP contribution in [0.1, 0.15) is 9.67 Å². The molecule has 3 rings (SSSR count). The number of nitrogens with one attached hydrogen (secondary N) is 1. The number of thiophene rings is 1. The fraction of sp³-hybridized carbons (Fsp3) is 0. The quantitative estimate of drug-likeness (QED) is 0.585. The Labute approximate surface area is 126 Å². The summed E-state index contributed by atoms with van der Waals surface area (Å²) in [7, 11) is 0. The largest absolute Gasteiger partial charge is 0.443 e. The smallest absolute Gasteiger partial charge is 0.299 e. The summed E-state index contributed by atoms with van der Waals surface area (Å²) >= 11 is 6.58. The highest BCUT2D eigenvalue weighted by atomic mass is 35.5. The van der Waals surface area contributed by atoms with E-state index in [0.717, 1.165) is 17.4 Å². The molecule has 0 radical (unpaired) electrons. The highest BCUT2D eigenvalue weighted by molar-refractivity contribution is 7.18. The van der Waals surface area contributed by atoms with Crippen LogP contribution in [0.2, 0.25) is 4.34 Å². The SMILES string of the molecule is O=C(Nc1ccc2ocnc2c1)c1cc([N+](=O)[O-])c(Cl)s1. The lowest BCUT2D eigenvalue weighted by Gasteiger charge is -2.02. The number of halogens is 1. The molecule has 0 aliphatic carbocycles. The summed E-state index contributed by atoms with van der Waals surface area (Å²) in [6.45, 7) is 0. The summed E-state index contributed by atoms with van der Waals surface area (Å²) in [6.07, 6.45) is 1.30. The second kappa shape index (κ2) is 5.15. The lowest BCUT2D eigenvalue weighted by atomic mass is 10.3. The minimum atomic E-state index is -0.628. The number of hydrogen-bond donors (Lipinski definition) is 1. The van der Waals surface area contributed by atoms with E-state index in [2.05, 4.69) is 10.3 Å². The van der Waals surface area contributed by atoms with Crippen molar-refractivity contribution in [3.05, 3.63) is 50.0 Å². The molecule has 7 nitrogen and oxygen atoms in total. The Bertz CT molecular complexity index is 857. The maximum absolute atomic E-state index is 12.1. The lowest BCUT2D eigenvalue weighted by Crippen LogP contribution is -2.09. The van der Waals surface area contributed by atoms with E-state index in [1.807, 2.05) is 0 Å². The van der Waals surface area contributed by atoms with Crippen molar-refractivity contribution in [3.63, 3.8) is 0 Å². The van der Waals surface area contributed by atoms with Crippen LogP contribution in [0.3, 0.4) is 0 Å². The van der Waals surface area contributed by atoms with Crippen molar-refractivity contribution in [3.8, 4) is 0 Å². The van der Waals surface area contributed by atoms with Crippen molar-refractivity contribution in [2.24, 2.45) is 0 Å². The van der Waals surface area contributed by atoms with Crippen molar-refractivity contribution >= 4 is 51.3 Å². The van der Waals surface area contributed by atoms with Gasteiger partial charge in [-0.2, -0.15) is 0 Å². The van der Waals surface area contributed by atoms with Gasteiger partial charge in [0.1, 0.15) is 10.4 Å². The molecule has 0 aliphatic rings.